The first kappa shape index (κ1) is 24.2. The molecule has 176 valence electrons. The van der Waals surface area contributed by atoms with Crippen LogP contribution in [0, 0.1) is 10.1 Å². The Bertz CT molecular complexity index is 963. The number of carbonyl (C=O) groups excluding carboxylic acids is 2. The van der Waals surface area contributed by atoms with Gasteiger partial charge in [-0.05, 0) is 57.6 Å². The van der Waals surface area contributed by atoms with Gasteiger partial charge in [-0.2, -0.15) is 0 Å². The molecule has 3 rings (SSSR count). The Morgan fingerprint density at radius 2 is 1.67 bits per heavy atom. The van der Waals surface area contributed by atoms with Gasteiger partial charge >= 0.3 is 12.1 Å². The summed E-state index contributed by atoms with van der Waals surface area (Å²) in [7, 11) is 0. The molecule has 1 aliphatic rings. The molecule has 0 aromatic heterocycles. The Balaban J connectivity index is 1.97. The zero-order valence-electron chi connectivity index (χ0n) is 19.2. The number of non-ortho nitro benzene ring substituents is 1. The van der Waals surface area contributed by atoms with Crippen molar-refractivity contribution in [3.05, 3.63) is 75.8 Å². The van der Waals surface area contributed by atoms with Crippen LogP contribution in [0.1, 0.15) is 63.6 Å². The van der Waals surface area contributed by atoms with Crippen molar-refractivity contribution >= 4 is 17.7 Å². The third-order valence-electron chi connectivity index (χ3n) is 5.36. The molecule has 8 nitrogen and oxygen atoms in total. The molecule has 0 saturated heterocycles. The minimum Gasteiger partial charge on any atom is -0.461 e. The zero-order chi connectivity index (χ0) is 24.0. The van der Waals surface area contributed by atoms with Gasteiger partial charge in [0.1, 0.15) is 11.7 Å². The van der Waals surface area contributed by atoms with E-state index in [1.165, 1.54) is 17.0 Å². The molecule has 0 aliphatic heterocycles. The second kappa shape index (κ2) is 10.5. The summed E-state index contributed by atoms with van der Waals surface area (Å²) in [6, 6.07) is 13.8. The molecule has 2 aromatic rings. The maximum absolute atomic E-state index is 13.4. The van der Waals surface area contributed by atoms with Crippen LogP contribution in [0.25, 0.3) is 0 Å². The predicted molar refractivity (Wildman–Crippen MR) is 122 cm³/mol. The van der Waals surface area contributed by atoms with Gasteiger partial charge in [-0.15, -0.1) is 0 Å². The fourth-order valence-corrected chi connectivity index (χ4v) is 3.82. The molecule has 2 aromatic carbocycles. The molecule has 33 heavy (non-hydrogen) atoms. The van der Waals surface area contributed by atoms with E-state index < -0.39 is 28.6 Å². The molecule has 8 heteroatoms. The van der Waals surface area contributed by atoms with Gasteiger partial charge in [-0.25, -0.2) is 9.59 Å². The summed E-state index contributed by atoms with van der Waals surface area (Å²) in [5, 5.41) is 11.0. The summed E-state index contributed by atoms with van der Waals surface area (Å²) in [6.45, 7) is 5.28. The van der Waals surface area contributed by atoms with Crippen molar-refractivity contribution in [2.45, 2.75) is 70.7 Å². The number of nitro benzene ring substituents is 1. The fourth-order valence-electron chi connectivity index (χ4n) is 3.82. The van der Waals surface area contributed by atoms with Crippen LogP contribution in [0.3, 0.4) is 0 Å². The van der Waals surface area contributed by atoms with E-state index in [0.29, 0.717) is 11.1 Å². The standard InChI is InChI=1S/C25H30N2O6/c1-25(2,3)33-24(29)26(17-18-13-15-20(16-14-18)27(30)31)22(19-9-5-4-6-10-19)23(28)32-21-11-7-8-12-21/h4-6,9-10,13-16,21-22H,7-8,11-12,17H2,1-3H3. The second-order valence-corrected chi connectivity index (χ2v) is 9.19. The van der Waals surface area contributed by atoms with Crippen molar-refractivity contribution in [1.29, 1.82) is 0 Å². The van der Waals surface area contributed by atoms with Crippen molar-refractivity contribution in [1.82, 2.24) is 4.90 Å². The molecule has 0 N–H and O–H groups in total. The third kappa shape index (κ3) is 6.78. The number of nitro groups is 1. The summed E-state index contributed by atoms with van der Waals surface area (Å²) in [4.78, 5) is 38.5. The number of benzene rings is 2. The average molecular weight is 455 g/mol. The van der Waals surface area contributed by atoms with E-state index >= 15 is 0 Å². The molecule has 1 aliphatic carbocycles. The molecule has 1 atom stereocenters. The summed E-state index contributed by atoms with van der Waals surface area (Å²) < 4.78 is 11.4. The maximum Gasteiger partial charge on any atom is 0.411 e. The van der Waals surface area contributed by atoms with Crippen LogP contribution < -0.4 is 0 Å². The number of esters is 1. The summed E-state index contributed by atoms with van der Waals surface area (Å²) >= 11 is 0. The Morgan fingerprint density at radius 1 is 1.06 bits per heavy atom. The first-order valence-corrected chi connectivity index (χ1v) is 11.1. The lowest BCUT2D eigenvalue weighted by molar-refractivity contribution is -0.384. The van der Waals surface area contributed by atoms with Gasteiger partial charge in [-0.3, -0.25) is 15.0 Å². The molecule has 1 saturated carbocycles. The number of carbonyl (C=O) groups is 2. The molecular formula is C25H30N2O6. The Labute approximate surface area is 193 Å². The number of nitrogens with zero attached hydrogens (tertiary/aromatic N) is 2. The monoisotopic (exact) mass is 454 g/mol. The highest BCUT2D eigenvalue weighted by molar-refractivity contribution is 5.83. The van der Waals surface area contributed by atoms with Crippen LogP contribution in [0.2, 0.25) is 0 Å². The fraction of sp³-hybridized carbons (Fsp3) is 0.440. The Morgan fingerprint density at radius 3 is 2.21 bits per heavy atom. The van der Waals surface area contributed by atoms with Crippen LogP contribution in [0.5, 0.6) is 0 Å². The van der Waals surface area contributed by atoms with Gasteiger partial charge in [0.05, 0.1) is 11.5 Å². The third-order valence-corrected chi connectivity index (χ3v) is 5.36. The smallest absolute Gasteiger partial charge is 0.411 e. The van der Waals surface area contributed by atoms with Gasteiger partial charge in [0, 0.05) is 12.1 Å². The summed E-state index contributed by atoms with van der Waals surface area (Å²) in [5.41, 5.74) is 0.402. The number of ether oxygens (including phenoxy) is 2. The molecule has 0 spiro atoms. The molecule has 1 amide bonds. The van der Waals surface area contributed by atoms with Gasteiger partial charge in [0.2, 0.25) is 0 Å². The zero-order valence-corrected chi connectivity index (χ0v) is 19.2. The Kier molecular flexibility index (Phi) is 7.68. The van der Waals surface area contributed by atoms with Crippen molar-refractivity contribution in [3.63, 3.8) is 0 Å². The van der Waals surface area contributed by atoms with Crippen molar-refractivity contribution in [2.75, 3.05) is 0 Å². The highest BCUT2D eigenvalue weighted by Gasteiger charge is 2.37. The predicted octanol–water partition coefficient (Wildman–Crippen LogP) is 5.56. The van der Waals surface area contributed by atoms with Gasteiger partial charge < -0.3 is 9.47 Å². The lowest BCUT2D eigenvalue weighted by atomic mass is 10.0. The highest BCUT2D eigenvalue weighted by atomic mass is 16.6. The highest BCUT2D eigenvalue weighted by Crippen LogP contribution is 2.30. The van der Waals surface area contributed by atoms with E-state index in [2.05, 4.69) is 0 Å². The molecule has 1 unspecified atom stereocenters. The second-order valence-electron chi connectivity index (χ2n) is 9.19. The van der Waals surface area contributed by atoms with Crippen LogP contribution in [-0.4, -0.2) is 33.6 Å². The molecular weight excluding hydrogens is 424 g/mol. The minimum atomic E-state index is -1.02. The summed E-state index contributed by atoms with van der Waals surface area (Å²) in [6.07, 6.45) is 2.80. The van der Waals surface area contributed by atoms with Gasteiger partial charge in [-0.1, -0.05) is 42.5 Å². The van der Waals surface area contributed by atoms with Crippen LogP contribution in [0.15, 0.2) is 54.6 Å². The van der Waals surface area contributed by atoms with E-state index in [0.717, 1.165) is 25.7 Å². The average Bonchev–Trinajstić information content (AvgIpc) is 3.26. The lowest BCUT2D eigenvalue weighted by Crippen LogP contribution is -2.43. The minimum absolute atomic E-state index is 0.0201. The normalized spacial score (nSPS) is 15.0. The topological polar surface area (TPSA) is 99.0 Å². The largest absolute Gasteiger partial charge is 0.461 e. The molecule has 0 bridgehead atoms. The van der Waals surface area contributed by atoms with E-state index in [1.807, 2.05) is 6.07 Å². The lowest BCUT2D eigenvalue weighted by Gasteiger charge is -2.33. The number of hydrogen-bond acceptors (Lipinski definition) is 6. The van der Waals surface area contributed by atoms with Crippen LogP contribution >= 0.6 is 0 Å². The van der Waals surface area contributed by atoms with Crippen molar-refractivity contribution in [3.8, 4) is 0 Å². The van der Waals surface area contributed by atoms with E-state index in [1.54, 1.807) is 57.2 Å². The molecule has 0 radical (unpaired) electrons. The first-order valence-electron chi connectivity index (χ1n) is 11.1. The Hall–Kier alpha value is -3.42. The van der Waals surface area contributed by atoms with Gasteiger partial charge in [0.15, 0.2) is 6.04 Å². The van der Waals surface area contributed by atoms with Gasteiger partial charge in [0.25, 0.3) is 5.69 Å². The first-order chi connectivity index (χ1) is 15.6. The number of hydrogen-bond donors (Lipinski definition) is 0. The van der Waals surface area contributed by atoms with Crippen LogP contribution in [0.4, 0.5) is 10.5 Å². The number of amides is 1. The maximum atomic E-state index is 13.4. The number of rotatable bonds is 7. The summed E-state index contributed by atoms with van der Waals surface area (Å²) in [5.74, 6) is -0.513. The molecule has 0 heterocycles. The quantitative estimate of drug-likeness (QED) is 0.309. The van der Waals surface area contributed by atoms with E-state index in [-0.39, 0.29) is 18.3 Å². The SMILES string of the molecule is CC(C)(C)OC(=O)N(Cc1ccc([N+](=O)[O-])cc1)C(C(=O)OC1CCCC1)c1ccccc1. The molecule has 1 fully saturated rings. The van der Waals surface area contributed by atoms with Crippen molar-refractivity contribution in [2.24, 2.45) is 0 Å². The van der Waals surface area contributed by atoms with E-state index in [4.69, 9.17) is 9.47 Å². The van der Waals surface area contributed by atoms with E-state index in [9.17, 15) is 19.7 Å². The van der Waals surface area contributed by atoms with Crippen LogP contribution in [-0.2, 0) is 20.8 Å². The van der Waals surface area contributed by atoms with Crippen molar-refractivity contribution < 1.29 is 24.0 Å².